The zero-order chi connectivity index (χ0) is 11.5. The number of carbonyl (C=O) groups excluding carboxylic acids is 1. The molecule has 1 atom stereocenters. The Hall–Kier alpha value is -1.59. The fourth-order valence-corrected chi connectivity index (χ4v) is 1.03. The maximum absolute atomic E-state index is 12.1. The van der Waals surface area contributed by atoms with E-state index < -0.39 is 11.9 Å². The smallest absolute Gasteiger partial charge is 0.352 e. The second-order valence-corrected chi connectivity index (χ2v) is 2.98. The van der Waals surface area contributed by atoms with Crippen LogP contribution in [0.4, 0.5) is 13.2 Å². The van der Waals surface area contributed by atoms with Crippen molar-refractivity contribution in [1.29, 1.82) is 0 Å². The second kappa shape index (κ2) is 4.29. The van der Waals surface area contributed by atoms with E-state index in [1.54, 1.807) is 6.92 Å². The van der Waals surface area contributed by atoms with Crippen LogP contribution in [0.1, 0.15) is 24.2 Å². The molecule has 1 aromatic rings. The Kier molecular flexibility index (Phi) is 3.28. The predicted octanol–water partition coefficient (Wildman–Crippen LogP) is 1.91. The molecule has 0 fully saturated rings. The molecule has 1 heterocycles. The molecule has 0 radical (unpaired) electrons. The third kappa shape index (κ3) is 2.93. The fraction of sp³-hybridized carbons (Fsp3) is 0.333. The average Bonchev–Trinajstić information content (AvgIpc) is 2.17. The van der Waals surface area contributed by atoms with Crippen molar-refractivity contribution in [2.75, 3.05) is 0 Å². The van der Waals surface area contributed by atoms with Crippen LogP contribution in [-0.4, -0.2) is 11.4 Å². The minimum Gasteiger partial charge on any atom is -0.352 e. The highest BCUT2D eigenvalue weighted by Crippen LogP contribution is 2.27. The normalized spacial score (nSPS) is 13.3. The van der Waals surface area contributed by atoms with Gasteiger partial charge in [-0.05, 0) is 18.6 Å². The highest BCUT2D eigenvalue weighted by molar-refractivity contribution is 5.47. The number of rotatable bonds is 3. The first-order chi connectivity index (χ1) is 6.95. The first kappa shape index (κ1) is 11.5. The van der Waals surface area contributed by atoms with E-state index in [1.165, 1.54) is 6.07 Å². The van der Waals surface area contributed by atoms with Crippen molar-refractivity contribution in [2.24, 2.45) is 0 Å². The number of alkyl halides is 3. The summed E-state index contributed by atoms with van der Waals surface area (Å²) < 4.78 is 36.4. The first-order valence-electron chi connectivity index (χ1n) is 4.18. The molecular weight excluding hydrogens is 209 g/mol. The number of halogens is 3. The minimum atomic E-state index is -4.43. The van der Waals surface area contributed by atoms with E-state index >= 15 is 0 Å². The standard InChI is InChI=1S/C9H9F3N2O/c1-6(14-5-15)7-2-3-8(13-4-7)9(10,11)12/h2-6H,1H3,(H,14,15)/t6-/m0/s1. The molecule has 0 bridgehead atoms. The monoisotopic (exact) mass is 218 g/mol. The molecule has 0 aromatic carbocycles. The van der Waals surface area contributed by atoms with Crippen molar-refractivity contribution < 1.29 is 18.0 Å². The number of nitrogens with one attached hydrogen (secondary N) is 1. The van der Waals surface area contributed by atoms with Gasteiger partial charge < -0.3 is 5.32 Å². The third-order valence-corrected chi connectivity index (χ3v) is 1.89. The summed E-state index contributed by atoms with van der Waals surface area (Å²) in [6.07, 6.45) is -2.84. The highest BCUT2D eigenvalue weighted by atomic mass is 19.4. The lowest BCUT2D eigenvalue weighted by molar-refractivity contribution is -0.141. The van der Waals surface area contributed by atoms with Crippen LogP contribution in [0.3, 0.4) is 0 Å². The van der Waals surface area contributed by atoms with Gasteiger partial charge in [-0.3, -0.25) is 9.78 Å². The second-order valence-electron chi connectivity index (χ2n) is 2.98. The van der Waals surface area contributed by atoms with Crippen molar-refractivity contribution in [1.82, 2.24) is 10.3 Å². The average molecular weight is 218 g/mol. The summed E-state index contributed by atoms with van der Waals surface area (Å²) in [6.45, 7) is 1.65. The van der Waals surface area contributed by atoms with E-state index in [9.17, 15) is 18.0 Å². The van der Waals surface area contributed by atoms with Crippen LogP contribution in [-0.2, 0) is 11.0 Å². The molecule has 0 saturated carbocycles. The van der Waals surface area contributed by atoms with Crippen molar-refractivity contribution in [3.05, 3.63) is 29.6 Å². The van der Waals surface area contributed by atoms with Gasteiger partial charge in [-0.15, -0.1) is 0 Å². The van der Waals surface area contributed by atoms with Crippen LogP contribution in [0.15, 0.2) is 18.3 Å². The van der Waals surface area contributed by atoms with Crippen LogP contribution >= 0.6 is 0 Å². The summed E-state index contributed by atoms with van der Waals surface area (Å²) in [7, 11) is 0. The van der Waals surface area contributed by atoms with Gasteiger partial charge in [0.15, 0.2) is 0 Å². The van der Waals surface area contributed by atoms with E-state index in [0.29, 0.717) is 12.0 Å². The topological polar surface area (TPSA) is 42.0 Å². The molecule has 1 aromatic heterocycles. The Labute approximate surface area is 84.3 Å². The van der Waals surface area contributed by atoms with Crippen molar-refractivity contribution >= 4 is 6.41 Å². The Morgan fingerprint density at radius 1 is 1.47 bits per heavy atom. The Balaban J connectivity index is 2.85. The molecule has 0 aliphatic heterocycles. The lowest BCUT2D eigenvalue weighted by Gasteiger charge is -2.11. The van der Waals surface area contributed by atoms with Gasteiger partial charge in [0, 0.05) is 6.20 Å². The molecule has 0 unspecified atom stereocenters. The predicted molar refractivity (Wildman–Crippen MR) is 46.9 cm³/mol. The number of carbonyl (C=O) groups is 1. The van der Waals surface area contributed by atoms with Crippen molar-refractivity contribution in [3.8, 4) is 0 Å². The molecular formula is C9H9F3N2O. The van der Waals surface area contributed by atoms with Gasteiger partial charge in [-0.25, -0.2) is 0 Å². The summed E-state index contributed by atoms with van der Waals surface area (Å²) in [4.78, 5) is 13.4. The van der Waals surface area contributed by atoms with Gasteiger partial charge in [-0.1, -0.05) is 6.07 Å². The van der Waals surface area contributed by atoms with Gasteiger partial charge in [0.2, 0.25) is 6.41 Å². The maximum atomic E-state index is 12.1. The summed E-state index contributed by atoms with van der Waals surface area (Å²) >= 11 is 0. The molecule has 0 aliphatic carbocycles. The number of hydrogen-bond donors (Lipinski definition) is 1. The van der Waals surface area contributed by atoms with Crippen molar-refractivity contribution in [2.45, 2.75) is 19.1 Å². The third-order valence-electron chi connectivity index (χ3n) is 1.89. The number of nitrogens with zero attached hydrogens (tertiary/aromatic N) is 1. The van der Waals surface area contributed by atoms with E-state index in [0.717, 1.165) is 12.3 Å². The quantitative estimate of drug-likeness (QED) is 0.787. The Morgan fingerprint density at radius 3 is 2.53 bits per heavy atom. The van der Waals surface area contributed by atoms with Gasteiger partial charge >= 0.3 is 6.18 Å². The molecule has 0 spiro atoms. The summed E-state index contributed by atoms with van der Waals surface area (Å²) in [6, 6.07) is 1.83. The zero-order valence-corrected chi connectivity index (χ0v) is 7.88. The molecule has 1 amide bonds. The van der Waals surface area contributed by atoms with Crippen molar-refractivity contribution in [3.63, 3.8) is 0 Å². The summed E-state index contributed by atoms with van der Waals surface area (Å²) in [5.41, 5.74) is -0.417. The van der Waals surface area contributed by atoms with Gasteiger partial charge in [0.05, 0.1) is 6.04 Å². The number of pyridine rings is 1. The van der Waals surface area contributed by atoms with Crippen LogP contribution < -0.4 is 5.32 Å². The van der Waals surface area contributed by atoms with Crippen LogP contribution in [0.2, 0.25) is 0 Å². The van der Waals surface area contributed by atoms with Crippen LogP contribution in [0, 0.1) is 0 Å². The number of aromatic nitrogens is 1. The maximum Gasteiger partial charge on any atom is 0.433 e. The zero-order valence-electron chi connectivity index (χ0n) is 7.88. The molecule has 15 heavy (non-hydrogen) atoms. The van der Waals surface area contributed by atoms with E-state index in [1.807, 2.05) is 0 Å². The summed E-state index contributed by atoms with van der Waals surface area (Å²) in [5, 5.41) is 2.42. The molecule has 6 heteroatoms. The summed E-state index contributed by atoms with van der Waals surface area (Å²) in [5.74, 6) is 0. The molecule has 1 N–H and O–H groups in total. The molecule has 0 aliphatic rings. The molecule has 0 saturated heterocycles. The fourth-order valence-electron chi connectivity index (χ4n) is 1.03. The lowest BCUT2D eigenvalue weighted by Crippen LogP contribution is -2.17. The van der Waals surface area contributed by atoms with Crippen LogP contribution in [0.5, 0.6) is 0 Å². The van der Waals surface area contributed by atoms with Gasteiger partial charge in [0.25, 0.3) is 0 Å². The number of hydrogen-bond acceptors (Lipinski definition) is 2. The van der Waals surface area contributed by atoms with E-state index in [4.69, 9.17) is 0 Å². The van der Waals surface area contributed by atoms with E-state index in [2.05, 4.69) is 10.3 Å². The first-order valence-corrected chi connectivity index (χ1v) is 4.18. The lowest BCUT2D eigenvalue weighted by atomic mass is 10.1. The van der Waals surface area contributed by atoms with E-state index in [-0.39, 0.29) is 6.04 Å². The molecule has 3 nitrogen and oxygen atoms in total. The Morgan fingerprint density at radius 2 is 2.13 bits per heavy atom. The molecule has 1 rings (SSSR count). The largest absolute Gasteiger partial charge is 0.433 e. The highest BCUT2D eigenvalue weighted by Gasteiger charge is 2.32. The van der Waals surface area contributed by atoms with Gasteiger partial charge in [0.1, 0.15) is 5.69 Å². The van der Waals surface area contributed by atoms with Gasteiger partial charge in [-0.2, -0.15) is 13.2 Å². The Bertz CT molecular complexity index is 334. The minimum absolute atomic E-state index is 0.350. The number of amides is 1. The SMILES string of the molecule is C[C@H](NC=O)c1ccc(C(F)(F)F)nc1. The van der Waals surface area contributed by atoms with Crippen LogP contribution in [0.25, 0.3) is 0 Å². The molecule has 82 valence electrons.